The monoisotopic (exact) mass is 367 g/mol. The second-order valence-electron chi connectivity index (χ2n) is 6.89. The maximum atomic E-state index is 12.4. The molecule has 1 aromatic heterocycles. The highest BCUT2D eigenvalue weighted by molar-refractivity contribution is 5.76. The van der Waals surface area contributed by atoms with Crippen LogP contribution in [0.15, 0.2) is 4.52 Å². The van der Waals surface area contributed by atoms with Crippen LogP contribution in [0.5, 0.6) is 0 Å². The molecule has 2 saturated heterocycles. The molecule has 0 aliphatic carbocycles. The Kier molecular flexibility index (Phi) is 7.01. The van der Waals surface area contributed by atoms with Gasteiger partial charge in [-0.05, 0) is 20.3 Å². The zero-order valence-corrected chi connectivity index (χ0v) is 15.7. The first-order valence-corrected chi connectivity index (χ1v) is 9.34. The highest BCUT2D eigenvalue weighted by Crippen LogP contribution is 2.18. The number of aryl methyl sites for hydroxylation is 2. The SMILES string of the molecule is Cc1noc(C)c1CO[C@@H]1COCC[C@H]1NC(=O)CCN1CCOCC1. The van der Waals surface area contributed by atoms with Crippen molar-refractivity contribution in [1.82, 2.24) is 15.4 Å². The van der Waals surface area contributed by atoms with Crippen LogP contribution in [0.1, 0.15) is 29.9 Å². The molecule has 3 rings (SSSR count). The van der Waals surface area contributed by atoms with Crippen LogP contribution >= 0.6 is 0 Å². The number of morpholine rings is 1. The predicted octanol–water partition coefficient (Wildman–Crippen LogP) is 0.804. The molecule has 1 N–H and O–H groups in total. The summed E-state index contributed by atoms with van der Waals surface area (Å²) in [6.45, 7) is 9.37. The molecule has 0 spiro atoms. The molecule has 26 heavy (non-hydrogen) atoms. The Hall–Kier alpha value is -1.48. The van der Waals surface area contributed by atoms with Gasteiger partial charge in [-0.3, -0.25) is 9.69 Å². The average molecular weight is 367 g/mol. The summed E-state index contributed by atoms with van der Waals surface area (Å²) in [5.41, 5.74) is 1.80. The zero-order valence-electron chi connectivity index (χ0n) is 15.7. The van der Waals surface area contributed by atoms with Crippen molar-refractivity contribution in [3.63, 3.8) is 0 Å². The summed E-state index contributed by atoms with van der Waals surface area (Å²) in [6, 6.07) is -0.0265. The molecule has 2 aliphatic rings. The molecule has 0 unspecified atom stereocenters. The van der Waals surface area contributed by atoms with E-state index in [-0.39, 0.29) is 18.1 Å². The Labute approximate surface area is 154 Å². The quantitative estimate of drug-likeness (QED) is 0.763. The first kappa shape index (κ1) is 19.3. The van der Waals surface area contributed by atoms with Crippen LogP contribution < -0.4 is 5.32 Å². The second kappa shape index (κ2) is 9.45. The summed E-state index contributed by atoms with van der Waals surface area (Å²) in [4.78, 5) is 14.6. The normalized spacial score (nSPS) is 24.5. The van der Waals surface area contributed by atoms with Crippen molar-refractivity contribution in [3.8, 4) is 0 Å². The fraction of sp³-hybridized carbons (Fsp3) is 0.778. The number of hydrogen-bond donors (Lipinski definition) is 1. The van der Waals surface area contributed by atoms with Gasteiger partial charge in [0.25, 0.3) is 0 Å². The van der Waals surface area contributed by atoms with Gasteiger partial charge in [-0.15, -0.1) is 0 Å². The van der Waals surface area contributed by atoms with Crippen LogP contribution in [-0.2, 0) is 25.6 Å². The van der Waals surface area contributed by atoms with Gasteiger partial charge < -0.3 is 24.1 Å². The summed E-state index contributed by atoms with van der Waals surface area (Å²) in [5.74, 6) is 0.833. The number of ether oxygens (including phenoxy) is 3. The number of carbonyl (C=O) groups excluding carboxylic acids is 1. The average Bonchev–Trinajstić information content (AvgIpc) is 2.98. The van der Waals surface area contributed by atoms with E-state index in [9.17, 15) is 4.79 Å². The van der Waals surface area contributed by atoms with Crippen molar-refractivity contribution in [2.45, 2.75) is 45.4 Å². The Morgan fingerprint density at radius 3 is 2.81 bits per heavy atom. The van der Waals surface area contributed by atoms with Crippen LogP contribution in [0.4, 0.5) is 0 Å². The van der Waals surface area contributed by atoms with Crippen LogP contribution in [0.2, 0.25) is 0 Å². The van der Waals surface area contributed by atoms with Gasteiger partial charge in [0.15, 0.2) is 0 Å². The van der Waals surface area contributed by atoms with E-state index < -0.39 is 0 Å². The van der Waals surface area contributed by atoms with E-state index in [0.717, 1.165) is 56.3 Å². The zero-order chi connectivity index (χ0) is 18.4. The molecule has 0 radical (unpaired) electrons. The Morgan fingerprint density at radius 2 is 2.08 bits per heavy atom. The van der Waals surface area contributed by atoms with Gasteiger partial charge in [-0.1, -0.05) is 5.16 Å². The van der Waals surface area contributed by atoms with Gasteiger partial charge >= 0.3 is 0 Å². The summed E-state index contributed by atoms with van der Waals surface area (Å²) < 4.78 is 22.1. The van der Waals surface area contributed by atoms with Crippen molar-refractivity contribution >= 4 is 5.91 Å². The molecule has 3 heterocycles. The summed E-state index contributed by atoms with van der Waals surface area (Å²) in [5, 5.41) is 7.07. The van der Waals surface area contributed by atoms with Crippen molar-refractivity contribution in [3.05, 3.63) is 17.0 Å². The minimum atomic E-state index is -0.162. The number of amides is 1. The van der Waals surface area contributed by atoms with Crippen LogP contribution in [0, 0.1) is 13.8 Å². The number of nitrogens with one attached hydrogen (secondary N) is 1. The molecule has 8 nitrogen and oxygen atoms in total. The van der Waals surface area contributed by atoms with E-state index in [0.29, 0.717) is 26.2 Å². The van der Waals surface area contributed by atoms with Gasteiger partial charge in [-0.25, -0.2) is 0 Å². The summed E-state index contributed by atoms with van der Waals surface area (Å²) >= 11 is 0. The number of carbonyl (C=O) groups is 1. The maximum absolute atomic E-state index is 12.4. The molecule has 2 aliphatic heterocycles. The van der Waals surface area contributed by atoms with Gasteiger partial charge in [-0.2, -0.15) is 0 Å². The van der Waals surface area contributed by atoms with Crippen molar-refractivity contribution in [2.24, 2.45) is 0 Å². The molecule has 2 fully saturated rings. The molecule has 1 amide bonds. The van der Waals surface area contributed by atoms with E-state index in [1.807, 2.05) is 13.8 Å². The van der Waals surface area contributed by atoms with Crippen molar-refractivity contribution in [2.75, 3.05) is 46.1 Å². The molecule has 1 aromatic rings. The van der Waals surface area contributed by atoms with E-state index in [1.54, 1.807) is 0 Å². The minimum absolute atomic E-state index is 0.0265. The highest BCUT2D eigenvalue weighted by Gasteiger charge is 2.28. The topological polar surface area (TPSA) is 86.1 Å². The number of hydrogen-bond acceptors (Lipinski definition) is 7. The van der Waals surface area contributed by atoms with Crippen LogP contribution in [0.3, 0.4) is 0 Å². The lowest BCUT2D eigenvalue weighted by atomic mass is 10.1. The van der Waals surface area contributed by atoms with Gasteiger partial charge in [0.2, 0.25) is 5.91 Å². The molecule has 2 atom stereocenters. The Bertz CT molecular complexity index is 566. The van der Waals surface area contributed by atoms with E-state index in [2.05, 4.69) is 15.4 Å². The molecule has 0 aromatic carbocycles. The summed E-state index contributed by atoms with van der Waals surface area (Å²) in [6.07, 6.45) is 1.09. The molecular weight excluding hydrogens is 338 g/mol. The molecule has 0 saturated carbocycles. The highest BCUT2D eigenvalue weighted by atomic mass is 16.5. The lowest BCUT2D eigenvalue weighted by Crippen LogP contribution is -2.50. The maximum Gasteiger partial charge on any atom is 0.221 e. The first-order chi connectivity index (χ1) is 12.6. The lowest BCUT2D eigenvalue weighted by Gasteiger charge is -2.32. The van der Waals surface area contributed by atoms with Crippen LogP contribution in [0.25, 0.3) is 0 Å². The number of nitrogens with zero attached hydrogens (tertiary/aromatic N) is 2. The van der Waals surface area contributed by atoms with E-state index in [4.69, 9.17) is 18.7 Å². The van der Waals surface area contributed by atoms with Gasteiger partial charge in [0.05, 0.1) is 38.2 Å². The fourth-order valence-corrected chi connectivity index (χ4v) is 3.30. The molecule has 146 valence electrons. The second-order valence-corrected chi connectivity index (χ2v) is 6.89. The molecule has 8 heteroatoms. The lowest BCUT2D eigenvalue weighted by molar-refractivity contribution is -0.127. The molecular formula is C18H29N3O5. The summed E-state index contributed by atoms with van der Waals surface area (Å²) in [7, 11) is 0. The third-order valence-electron chi connectivity index (χ3n) is 5.03. The Morgan fingerprint density at radius 1 is 1.27 bits per heavy atom. The van der Waals surface area contributed by atoms with Crippen molar-refractivity contribution < 1.29 is 23.5 Å². The number of aromatic nitrogens is 1. The first-order valence-electron chi connectivity index (χ1n) is 9.34. The van der Waals surface area contributed by atoms with Crippen LogP contribution in [-0.4, -0.2) is 74.2 Å². The number of rotatable bonds is 7. The third-order valence-corrected chi connectivity index (χ3v) is 5.03. The third kappa shape index (κ3) is 5.26. The predicted molar refractivity (Wildman–Crippen MR) is 93.8 cm³/mol. The van der Waals surface area contributed by atoms with Gasteiger partial charge in [0, 0.05) is 38.2 Å². The standard InChI is InChI=1S/C18H29N3O5/c1-13-15(14(2)26-20-13)11-25-17-12-24-8-4-16(17)19-18(22)3-5-21-6-9-23-10-7-21/h16-17H,3-12H2,1-2H3,(H,19,22)/t16-,17-/m1/s1. The largest absolute Gasteiger partial charge is 0.379 e. The smallest absolute Gasteiger partial charge is 0.221 e. The van der Waals surface area contributed by atoms with Crippen molar-refractivity contribution in [1.29, 1.82) is 0 Å². The van der Waals surface area contributed by atoms with E-state index >= 15 is 0 Å². The Balaban J connectivity index is 1.46. The molecule has 0 bridgehead atoms. The fourth-order valence-electron chi connectivity index (χ4n) is 3.30. The minimum Gasteiger partial charge on any atom is -0.379 e. The van der Waals surface area contributed by atoms with Gasteiger partial charge in [0.1, 0.15) is 11.9 Å². The van der Waals surface area contributed by atoms with E-state index in [1.165, 1.54) is 0 Å².